The topological polar surface area (TPSA) is 46.5 Å². The number of carbonyl (C=O) groups is 1. The predicted molar refractivity (Wildman–Crippen MR) is 106 cm³/mol. The molecule has 0 unspecified atom stereocenters. The largest absolute Gasteiger partial charge is 0.486 e. The molecule has 142 valence electrons. The normalized spacial score (nSPS) is 18.2. The zero-order valence-corrected chi connectivity index (χ0v) is 15.6. The molecule has 0 amide bonds. The number of ether oxygens (including phenoxy) is 1. The summed E-state index contributed by atoms with van der Waals surface area (Å²) in [5.74, 6) is -0.499. The Labute approximate surface area is 163 Å². The summed E-state index contributed by atoms with van der Waals surface area (Å²) in [4.78, 5) is 11.7. The summed E-state index contributed by atoms with van der Waals surface area (Å²) in [5.41, 5.74) is 3.12. The van der Waals surface area contributed by atoms with E-state index in [2.05, 4.69) is 0 Å². The van der Waals surface area contributed by atoms with E-state index in [9.17, 15) is 14.3 Å². The van der Waals surface area contributed by atoms with Gasteiger partial charge in [-0.15, -0.1) is 0 Å². The quantitative estimate of drug-likeness (QED) is 0.652. The molecule has 28 heavy (non-hydrogen) atoms. The third-order valence-corrected chi connectivity index (χ3v) is 5.28. The fraction of sp³-hybridized carbons (Fsp3) is 0.208. The van der Waals surface area contributed by atoms with Gasteiger partial charge >= 0.3 is 5.97 Å². The van der Waals surface area contributed by atoms with Crippen molar-refractivity contribution in [3.63, 3.8) is 0 Å². The number of fused-ring (bicyclic) bond motifs is 1. The van der Waals surface area contributed by atoms with Crippen LogP contribution in [-0.2, 0) is 12.8 Å². The zero-order valence-electron chi connectivity index (χ0n) is 15.6. The number of hydrogen-bond acceptors (Lipinski definition) is 2. The molecule has 1 heterocycles. The Morgan fingerprint density at radius 3 is 2.61 bits per heavy atom. The molecular formula is C24H21FO3. The summed E-state index contributed by atoms with van der Waals surface area (Å²) < 4.78 is 20.1. The van der Waals surface area contributed by atoms with E-state index in [1.165, 1.54) is 12.1 Å². The first-order valence-corrected chi connectivity index (χ1v) is 9.33. The number of aromatic carboxylic acids is 1. The molecule has 0 fully saturated rings. The highest BCUT2D eigenvalue weighted by molar-refractivity contribution is 5.97. The molecule has 0 aliphatic carbocycles. The molecule has 3 nitrogen and oxygen atoms in total. The van der Waals surface area contributed by atoms with Crippen molar-refractivity contribution in [1.82, 2.24) is 0 Å². The number of benzene rings is 3. The second-order valence-electron chi connectivity index (χ2n) is 7.50. The Morgan fingerprint density at radius 2 is 1.82 bits per heavy atom. The molecule has 3 aromatic carbocycles. The van der Waals surface area contributed by atoms with Gasteiger partial charge in [-0.05, 0) is 54.7 Å². The summed E-state index contributed by atoms with van der Waals surface area (Å²) in [6.07, 6.45) is 2.21. The van der Waals surface area contributed by atoms with Gasteiger partial charge in [0.15, 0.2) is 0 Å². The van der Waals surface area contributed by atoms with Gasteiger partial charge in [0.2, 0.25) is 0 Å². The van der Waals surface area contributed by atoms with Gasteiger partial charge in [-0.2, -0.15) is 0 Å². The number of para-hydroxylation sites is 1. The fourth-order valence-corrected chi connectivity index (χ4v) is 3.92. The molecule has 3 aromatic rings. The Morgan fingerprint density at radius 1 is 1.07 bits per heavy atom. The van der Waals surface area contributed by atoms with Crippen molar-refractivity contribution in [1.29, 1.82) is 0 Å². The van der Waals surface area contributed by atoms with Crippen LogP contribution in [-0.4, -0.2) is 16.7 Å². The highest BCUT2D eigenvalue weighted by Gasteiger charge is 2.33. The monoisotopic (exact) mass is 376 g/mol. The van der Waals surface area contributed by atoms with Crippen molar-refractivity contribution < 1.29 is 19.0 Å². The standard InChI is InChI=1S/C24H21FO3/c1-24(15-16-6-4-8-18(25)14-16)13-12-17-7-5-11-20(22(17)28-24)19-9-2-3-10-21(19)23(26)27/h2-11,14H,12-13,15H2,1H3,(H,26,27)/t24-/m1/s1. The predicted octanol–water partition coefficient (Wildman–Crippen LogP) is 5.52. The smallest absolute Gasteiger partial charge is 0.336 e. The van der Waals surface area contributed by atoms with Gasteiger partial charge in [0.1, 0.15) is 17.2 Å². The van der Waals surface area contributed by atoms with Crippen LogP contribution in [0.4, 0.5) is 4.39 Å². The van der Waals surface area contributed by atoms with Crippen LogP contribution in [0.5, 0.6) is 5.75 Å². The van der Waals surface area contributed by atoms with Gasteiger partial charge in [0.25, 0.3) is 0 Å². The van der Waals surface area contributed by atoms with Crippen LogP contribution < -0.4 is 4.74 Å². The van der Waals surface area contributed by atoms with Gasteiger partial charge < -0.3 is 9.84 Å². The average Bonchev–Trinajstić information content (AvgIpc) is 2.67. The van der Waals surface area contributed by atoms with E-state index in [0.29, 0.717) is 12.0 Å². The second kappa shape index (κ2) is 7.12. The maximum Gasteiger partial charge on any atom is 0.336 e. The van der Waals surface area contributed by atoms with Gasteiger partial charge in [-0.25, -0.2) is 9.18 Å². The maximum absolute atomic E-state index is 13.6. The van der Waals surface area contributed by atoms with Crippen molar-refractivity contribution in [2.45, 2.75) is 31.8 Å². The van der Waals surface area contributed by atoms with E-state index in [1.807, 2.05) is 37.3 Å². The SMILES string of the molecule is C[C@]1(Cc2cccc(F)c2)CCc2cccc(-c3ccccc3C(=O)O)c2O1. The average molecular weight is 376 g/mol. The molecule has 4 rings (SSSR count). The fourth-order valence-electron chi connectivity index (χ4n) is 3.92. The van der Waals surface area contributed by atoms with Crippen molar-refractivity contribution in [2.24, 2.45) is 0 Å². The first kappa shape index (κ1) is 18.2. The minimum absolute atomic E-state index is 0.247. The van der Waals surface area contributed by atoms with Crippen LogP contribution in [0.2, 0.25) is 0 Å². The third-order valence-electron chi connectivity index (χ3n) is 5.28. The first-order valence-electron chi connectivity index (χ1n) is 9.33. The van der Waals surface area contributed by atoms with Crippen LogP contribution in [0.1, 0.15) is 34.8 Å². The summed E-state index contributed by atoms with van der Waals surface area (Å²) in [6, 6.07) is 19.4. The van der Waals surface area contributed by atoms with E-state index < -0.39 is 11.6 Å². The van der Waals surface area contributed by atoms with Crippen molar-refractivity contribution in [3.05, 3.63) is 89.2 Å². The molecule has 4 heteroatoms. The lowest BCUT2D eigenvalue weighted by Gasteiger charge is -2.37. The lowest BCUT2D eigenvalue weighted by molar-refractivity contribution is 0.0661. The van der Waals surface area contributed by atoms with Crippen LogP contribution in [0.15, 0.2) is 66.7 Å². The van der Waals surface area contributed by atoms with E-state index in [0.717, 1.165) is 35.3 Å². The Balaban J connectivity index is 1.74. The Bertz CT molecular complexity index is 1040. The van der Waals surface area contributed by atoms with E-state index in [-0.39, 0.29) is 11.4 Å². The molecule has 0 bridgehead atoms. The summed E-state index contributed by atoms with van der Waals surface area (Å²) in [5, 5.41) is 9.58. The molecule has 0 saturated carbocycles. The third kappa shape index (κ3) is 3.50. The number of carboxylic acid groups (broad SMARTS) is 1. The molecular weight excluding hydrogens is 355 g/mol. The van der Waals surface area contributed by atoms with Crippen molar-refractivity contribution in [3.8, 4) is 16.9 Å². The summed E-state index contributed by atoms with van der Waals surface area (Å²) >= 11 is 0. The lowest BCUT2D eigenvalue weighted by atomic mass is 9.85. The second-order valence-corrected chi connectivity index (χ2v) is 7.50. The van der Waals surface area contributed by atoms with Crippen molar-refractivity contribution >= 4 is 5.97 Å². The Kier molecular flexibility index (Phi) is 4.63. The van der Waals surface area contributed by atoms with Crippen molar-refractivity contribution in [2.75, 3.05) is 0 Å². The molecule has 0 aromatic heterocycles. The minimum atomic E-state index is -0.966. The molecule has 0 radical (unpaired) electrons. The van der Waals surface area contributed by atoms with E-state index in [4.69, 9.17) is 4.74 Å². The number of rotatable bonds is 4. The first-order chi connectivity index (χ1) is 13.5. The summed E-state index contributed by atoms with van der Waals surface area (Å²) in [7, 11) is 0. The van der Waals surface area contributed by atoms with Crippen LogP contribution in [0, 0.1) is 5.82 Å². The number of halogens is 1. The highest BCUT2D eigenvalue weighted by atomic mass is 19.1. The van der Waals surface area contributed by atoms with E-state index >= 15 is 0 Å². The maximum atomic E-state index is 13.6. The molecule has 1 atom stereocenters. The lowest BCUT2D eigenvalue weighted by Crippen LogP contribution is -2.38. The molecule has 0 saturated heterocycles. The molecule has 0 spiro atoms. The number of aryl methyl sites for hydroxylation is 1. The highest BCUT2D eigenvalue weighted by Crippen LogP contribution is 2.42. The molecule has 1 N–H and O–H groups in total. The van der Waals surface area contributed by atoms with Crippen LogP contribution in [0.25, 0.3) is 11.1 Å². The number of carboxylic acids is 1. The molecule has 1 aliphatic rings. The van der Waals surface area contributed by atoms with E-state index in [1.54, 1.807) is 24.3 Å². The zero-order chi connectivity index (χ0) is 19.7. The van der Waals surface area contributed by atoms with Gasteiger partial charge in [-0.1, -0.05) is 48.5 Å². The van der Waals surface area contributed by atoms with Crippen LogP contribution >= 0.6 is 0 Å². The molecule has 1 aliphatic heterocycles. The van der Waals surface area contributed by atoms with Gasteiger partial charge in [-0.3, -0.25) is 0 Å². The minimum Gasteiger partial charge on any atom is -0.486 e. The van der Waals surface area contributed by atoms with Gasteiger partial charge in [0, 0.05) is 12.0 Å². The Hall–Kier alpha value is -3.14. The summed E-state index contributed by atoms with van der Waals surface area (Å²) in [6.45, 7) is 2.03. The number of hydrogen-bond donors (Lipinski definition) is 1. The van der Waals surface area contributed by atoms with Gasteiger partial charge in [0.05, 0.1) is 5.56 Å². The van der Waals surface area contributed by atoms with Crippen LogP contribution in [0.3, 0.4) is 0 Å².